The summed E-state index contributed by atoms with van der Waals surface area (Å²) in [6, 6.07) is 11.8. The van der Waals surface area contributed by atoms with Gasteiger partial charge in [-0.05, 0) is 49.4 Å². The standard InChI is InChI=1S/C19H15ClN2O5/c1-10-14-7-6-13(27-12-4-2-11(20)3-5-12)8-15(14)18(25)17(22-10)19(26)21-9-16(23)24/h2-8,25H,9H2,1H3,(H,21,26)(H,23,24). The molecule has 1 heterocycles. The highest BCUT2D eigenvalue weighted by Gasteiger charge is 2.19. The van der Waals surface area contributed by atoms with E-state index < -0.39 is 18.4 Å². The Balaban J connectivity index is 1.98. The number of aromatic nitrogens is 1. The predicted molar refractivity (Wildman–Crippen MR) is 99.6 cm³/mol. The quantitative estimate of drug-likeness (QED) is 0.619. The van der Waals surface area contributed by atoms with Crippen LogP contribution in [0.1, 0.15) is 16.2 Å². The van der Waals surface area contributed by atoms with E-state index in [0.717, 1.165) is 0 Å². The first kappa shape index (κ1) is 18.5. The third kappa shape index (κ3) is 4.09. The largest absolute Gasteiger partial charge is 0.505 e. The van der Waals surface area contributed by atoms with Crippen LogP contribution < -0.4 is 10.1 Å². The van der Waals surface area contributed by atoms with Crippen molar-refractivity contribution < 1.29 is 24.5 Å². The van der Waals surface area contributed by atoms with Crippen molar-refractivity contribution in [3.8, 4) is 17.2 Å². The molecule has 0 bridgehead atoms. The molecule has 27 heavy (non-hydrogen) atoms. The Morgan fingerprint density at radius 1 is 1.11 bits per heavy atom. The zero-order chi connectivity index (χ0) is 19.6. The molecule has 0 saturated heterocycles. The van der Waals surface area contributed by atoms with Gasteiger partial charge in [0.25, 0.3) is 5.91 Å². The number of carbonyl (C=O) groups is 2. The third-order valence-electron chi connectivity index (χ3n) is 3.80. The predicted octanol–water partition coefficient (Wildman–Crippen LogP) is 3.51. The minimum Gasteiger partial charge on any atom is -0.505 e. The second kappa shape index (κ2) is 7.51. The minimum atomic E-state index is -1.20. The maximum absolute atomic E-state index is 12.1. The molecule has 0 unspecified atom stereocenters. The number of amides is 1. The molecule has 138 valence electrons. The Kier molecular flexibility index (Phi) is 5.14. The van der Waals surface area contributed by atoms with Crippen LogP contribution in [0.2, 0.25) is 5.02 Å². The fourth-order valence-electron chi connectivity index (χ4n) is 2.54. The Morgan fingerprint density at radius 2 is 1.78 bits per heavy atom. The van der Waals surface area contributed by atoms with E-state index in [4.69, 9.17) is 21.4 Å². The van der Waals surface area contributed by atoms with Gasteiger partial charge in [-0.25, -0.2) is 4.98 Å². The maximum Gasteiger partial charge on any atom is 0.322 e. The smallest absolute Gasteiger partial charge is 0.322 e. The lowest BCUT2D eigenvalue weighted by Crippen LogP contribution is -2.30. The zero-order valence-corrected chi connectivity index (χ0v) is 14.9. The average Bonchev–Trinajstić information content (AvgIpc) is 2.64. The van der Waals surface area contributed by atoms with Gasteiger partial charge < -0.3 is 20.3 Å². The van der Waals surface area contributed by atoms with E-state index in [1.54, 1.807) is 49.4 Å². The number of rotatable bonds is 5. The van der Waals surface area contributed by atoms with Gasteiger partial charge in [0.2, 0.25) is 0 Å². The van der Waals surface area contributed by atoms with E-state index in [-0.39, 0.29) is 11.4 Å². The van der Waals surface area contributed by atoms with Gasteiger partial charge in [-0.2, -0.15) is 0 Å². The van der Waals surface area contributed by atoms with Gasteiger partial charge in [-0.15, -0.1) is 0 Å². The second-order valence-electron chi connectivity index (χ2n) is 5.73. The lowest BCUT2D eigenvalue weighted by atomic mass is 10.1. The molecule has 1 amide bonds. The number of aryl methyl sites for hydroxylation is 1. The van der Waals surface area contributed by atoms with Crippen molar-refractivity contribution in [2.45, 2.75) is 6.92 Å². The number of fused-ring (bicyclic) bond motifs is 1. The van der Waals surface area contributed by atoms with Crippen molar-refractivity contribution in [1.29, 1.82) is 0 Å². The topological polar surface area (TPSA) is 109 Å². The third-order valence-corrected chi connectivity index (χ3v) is 4.06. The van der Waals surface area contributed by atoms with E-state index in [1.165, 1.54) is 0 Å². The van der Waals surface area contributed by atoms with Crippen LogP contribution in [-0.4, -0.2) is 33.6 Å². The van der Waals surface area contributed by atoms with Crippen molar-refractivity contribution in [3.63, 3.8) is 0 Å². The highest BCUT2D eigenvalue weighted by molar-refractivity contribution is 6.30. The Hall–Kier alpha value is -3.32. The molecule has 3 aromatic rings. The van der Waals surface area contributed by atoms with Crippen LogP contribution in [0.4, 0.5) is 0 Å². The molecule has 8 heteroatoms. The number of carbonyl (C=O) groups excluding carboxylic acids is 1. The lowest BCUT2D eigenvalue weighted by molar-refractivity contribution is -0.135. The van der Waals surface area contributed by atoms with Crippen molar-refractivity contribution in [2.24, 2.45) is 0 Å². The molecular weight excluding hydrogens is 372 g/mol. The van der Waals surface area contributed by atoms with Crippen molar-refractivity contribution >= 4 is 34.2 Å². The molecule has 3 rings (SSSR count). The number of halogens is 1. The molecule has 0 aliphatic heterocycles. The van der Waals surface area contributed by atoms with Crippen LogP contribution in [0.5, 0.6) is 17.2 Å². The normalized spacial score (nSPS) is 10.6. The molecule has 0 atom stereocenters. The summed E-state index contributed by atoms with van der Waals surface area (Å²) in [5, 5.41) is 22.9. The second-order valence-corrected chi connectivity index (χ2v) is 6.17. The lowest BCUT2D eigenvalue weighted by Gasteiger charge is -2.12. The van der Waals surface area contributed by atoms with Gasteiger partial charge in [-0.3, -0.25) is 9.59 Å². The summed E-state index contributed by atoms with van der Waals surface area (Å²) in [4.78, 5) is 26.8. The summed E-state index contributed by atoms with van der Waals surface area (Å²) in [6.07, 6.45) is 0. The van der Waals surface area contributed by atoms with Crippen molar-refractivity contribution in [2.75, 3.05) is 6.54 Å². The van der Waals surface area contributed by atoms with Gasteiger partial charge in [0, 0.05) is 21.5 Å². The maximum atomic E-state index is 12.1. The number of pyridine rings is 1. The minimum absolute atomic E-state index is 0.245. The summed E-state index contributed by atoms with van der Waals surface area (Å²) < 4.78 is 5.75. The summed E-state index contributed by atoms with van der Waals surface area (Å²) in [7, 11) is 0. The van der Waals surface area contributed by atoms with Crippen LogP contribution in [0.25, 0.3) is 10.8 Å². The summed E-state index contributed by atoms with van der Waals surface area (Å²) in [6.45, 7) is 1.12. The number of carboxylic acids is 1. The number of hydrogen-bond acceptors (Lipinski definition) is 5. The summed E-state index contributed by atoms with van der Waals surface area (Å²) >= 11 is 5.85. The number of carboxylic acid groups (broad SMARTS) is 1. The number of nitrogens with one attached hydrogen (secondary N) is 1. The number of ether oxygens (including phenoxy) is 1. The van der Waals surface area contributed by atoms with Crippen LogP contribution in [0.3, 0.4) is 0 Å². The molecule has 3 N–H and O–H groups in total. The van der Waals surface area contributed by atoms with E-state index in [0.29, 0.717) is 33.0 Å². The van der Waals surface area contributed by atoms with Crippen LogP contribution >= 0.6 is 11.6 Å². The molecule has 0 aliphatic rings. The highest BCUT2D eigenvalue weighted by Crippen LogP contribution is 2.34. The first-order chi connectivity index (χ1) is 12.8. The zero-order valence-electron chi connectivity index (χ0n) is 14.2. The molecular formula is C19H15ClN2O5. The van der Waals surface area contributed by atoms with Crippen molar-refractivity contribution in [1.82, 2.24) is 10.3 Å². The fourth-order valence-corrected chi connectivity index (χ4v) is 2.67. The van der Waals surface area contributed by atoms with Gasteiger partial charge in [0.1, 0.15) is 18.0 Å². The fraction of sp³-hybridized carbons (Fsp3) is 0.105. The highest BCUT2D eigenvalue weighted by atomic mass is 35.5. The number of benzene rings is 2. The van der Waals surface area contributed by atoms with Gasteiger partial charge in [0.05, 0.1) is 0 Å². The van der Waals surface area contributed by atoms with E-state index in [9.17, 15) is 14.7 Å². The number of aliphatic carboxylic acids is 1. The van der Waals surface area contributed by atoms with Gasteiger partial charge in [0.15, 0.2) is 11.4 Å². The number of aromatic hydroxyl groups is 1. The molecule has 1 aromatic heterocycles. The summed E-state index contributed by atoms with van der Waals surface area (Å²) in [5.41, 5.74) is 0.270. The average molecular weight is 387 g/mol. The molecule has 0 fully saturated rings. The van der Waals surface area contributed by atoms with Crippen LogP contribution in [0.15, 0.2) is 42.5 Å². The number of nitrogens with zero attached hydrogens (tertiary/aromatic N) is 1. The molecule has 0 saturated carbocycles. The molecule has 0 spiro atoms. The molecule has 7 nitrogen and oxygen atoms in total. The van der Waals surface area contributed by atoms with Crippen LogP contribution in [0, 0.1) is 6.92 Å². The number of hydrogen-bond donors (Lipinski definition) is 3. The molecule has 0 aliphatic carbocycles. The summed E-state index contributed by atoms with van der Waals surface area (Å²) in [5.74, 6) is -1.31. The Morgan fingerprint density at radius 3 is 2.44 bits per heavy atom. The van der Waals surface area contributed by atoms with E-state index in [1.807, 2.05) is 0 Å². The first-order valence-corrected chi connectivity index (χ1v) is 8.29. The van der Waals surface area contributed by atoms with E-state index >= 15 is 0 Å². The van der Waals surface area contributed by atoms with Crippen molar-refractivity contribution in [3.05, 3.63) is 58.9 Å². The Labute approximate surface area is 159 Å². The van der Waals surface area contributed by atoms with Gasteiger partial charge >= 0.3 is 5.97 Å². The van der Waals surface area contributed by atoms with E-state index in [2.05, 4.69) is 10.3 Å². The molecule has 2 aromatic carbocycles. The Bertz CT molecular complexity index is 1030. The van der Waals surface area contributed by atoms with Crippen LogP contribution in [-0.2, 0) is 4.79 Å². The SMILES string of the molecule is Cc1nc(C(=O)NCC(=O)O)c(O)c2cc(Oc3ccc(Cl)cc3)ccc12. The molecule has 0 radical (unpaired) electrons. The monoisotopic (exact) mass is 386 g/mol. The first-order valence-electron chi connectivity index (χ1n) is 7.92. The van der Waals surface area contributed by atoms with Gasteiger partial charge in [-0.1, -0.05) is 11.6 Å².